The average Bonchev–Trinajstić information content (AvgIpc) is 2.73. The smallest absolute Gasteiger partial charge is 0.223 e. The van der Waals surface area contributed by atoms with Gasteiger partial charge in [0.05, 0.1) is 0 Å². The molecule has 3 nitrogen and oxygen atoms in total. The Balaban J connectivity index is 2.14. The minimum atomic E-state index is -0.0131. The lowest BCUT2D eigenvalue weighted by Crippen LogP contribution is -2.36. The van der Waals surface area contributed by atoms with Crippen molar-refractivity contribution in [2.75, 3.05) is 24.5 Å². The Bertz CT molecular complexity index is 893. The van der Waals surface area contributed by atoms with Gasteiger partial charge in [-0.3, -0.25) is 4.79 Å². The standard InChI is InChI=1S/C30H44N2O/c1-8-13-27-20-28(17-16-25(27)4)31(22-24(2)3)18-12-19-32(29(33)21-30(5,6)7)23-26-14-10-9-11-15-26/h8-11,13-17,20,24H,12,18-19,21-23H2,1-7H3/b13-8-. The van der Waals surface area contributed by atoms with Crippen molar-refractivity contribution in [2.45, 2.75) is 67.9 Å². The first kappa shape index (κ1) is 26.7. The van der Waals surface area contributed by atoms with Crippen LogP contribution < -0.4 is 4.90 Å². The van der Waals surface area contributed by atoms with E-state index in [4.69, 9.17) is 0 Å². The van der Waals surface area contributed by atoms with Crippen LogP contribution in [0, 0.1) is 18.3 Å². The lowest BCUT2D eigenvalue weighted by molar-refractivity contribution is -0.133. The average molecular weight is 449 g/mol. The van der Waals surface area contributed by atoms with Gasteiger partial charge in [0.25, 0.3) is 0 Å². The second kappa shape index (κ2) is 12.6. The van der Waals surface area contributed by atoms with Gasteiger partial charge < -0.3 is 9.80 Å². The molecule has 0 aliphatic heterocycles. The highest BCUT2D eigenvalue weighted by Crippen LogP contribution is 2.23. The van der Waals surface area contributed by atoms with Crippen molar-refractivity contribution in [2.24, 2.45) is 11.3 Å². The van der Waals surface area contributed by atoms with Crippen LogP contribution in [-0.4, -0.2) is 30.4 Å². The summed E-state index contributed by atoms with van der Waals surface area (Å²) in [5.41, 5.74) is 5.00. The van der Waals surface area contributed by atoms with Gasteiger partial charge in [-0.05, 0) is 60.4 Å². The van der Waals surface area contributed by atoms with E-state index in [0.29, 0.717) is 18.9 Å². The van der Waals surface area contributed by atoms with Crippen LogP contribution in [0.4, 0.5) is 5.69 Å². The third-order valence-electron chi connectivity index (χ3n) is 5.67. The molecule has 3 heteroatoms. The molecule has 0 spiro atoms. The van der Waals surface area contributed by atoms with Crippen LogP contribution in [0.5, 0.6) is 0 Å². The van der Waals surface area contributed by atoms with Gasteiger partial charge in [0.15, 0.2) is 0 Å². The first-order valence-corrected chi connectivity index (χ1v) is 12.4. The Morgan fingerprint density at radius 1 is 1.03 bits per heavy atom. The summed E-state index contributed by atoms with van der Waals surface area (Å²) in [6, 6.07) is 17.1. The number of nitrogens with zero attached hydrogens (tertiary/aromatic N) is 2. The maximum atomic E-state index is 13.1. The summed E-state index contributed by atoms with van der Waals surface area (Å²) >= 11 is 0. The molecule has 0 fully saturated rings. The van der Waals surface area contributed by atoms with E-state index in [0.717, 1.165) is 26.1 Å². The van der Waals surface area contributed by atoms with Gasteiger partial charge in [0.1, 0.15) is 0 Å². The molecule has 0 heterocycles. The second-order valence-corrected chi connectivity index (χ2v) is 10.8. The number of aryl methyl sites for hydroxylation is 1. The van der Waals surface area contributed by atoms with Crippen molar-refractivity contribution in [3.05, 3.63) is 71.3 Å². The molecular weight excluding hydrogens is 404 g/mol. The number of carbonyl (C=O) groups is 1. The third-order valence-corrected chi connectivity index (χ3v) is 5.67. The zero-order valence-corrected chi connectivity index (χ0v) is 21.9. The minimum absolute atomic E-state index is 0.0131. The van der Waals surface area contributed by atoms with Crippen LogP contribution in [0.25, 0.3) is 6.08 Å². The number of anilines is 1. The third kappa shape index (κ3) is 9.45. The highest BCUT2D eigenvalue weighted by atomic mass is 16.2. The zero-order valence-electron chi connectivity index (χ0n) is 21.9. The molecule has 180 valence electrons. The first-order chi connectivity index (χ1) is 15.6. The molecular formula is C30H44N2O. The van der Waals surface area contributed by atoms with Crippen molar-refractivity contribution in [1.82, 2.24) is 4.90 Å². The Morgan fingerprint density at radius 3 is 2.33 bits per heavy atom. The van der Waals surface area contributed by atoms with Crippen molar-refractivity contribution >= 4 is 17.7 Å². The van der Waals surface area contributed by atoms with Crippen molar-refractivity contribution in [1.29, 1.82) is 0 Å². The SMILES string of the molecule is C/C=C\c1cc(N(CCCN(Cc2ccccc2)C(=O)CC(C)(C)C)CC(C)C)ccc1C. The minimum Gasteiger partial charge on any atom is -0.371 e. The molecule has 1 amide bonds. The molecule has 0 bridgehead atoms. The molecule has 0 N–H and O–H groups in total. The molecule has 0 unspecified atom stereocenters. The maximum absolute atomic E-state index is 13.1. The number of hydrogen-bond donors (Lipinski definition) is 0. The fourth-order valence-corrected chi connectivity index (χ4v) is 4.06. The summed E-state index contributed by atoms with van der Waals surface area (Å²) in [7, 11) is 0. The quantitative estimate of drug-likeness (QED) is 0.359. The molecule has 33 heavy (non-hydrogen) atoms. The van der Waals surface area contributed by atoms with E-state index < -0.39 is 0 Å². The Kier molecular flexibility index (Phi) is 10.2. The van der Waals surface area contributed by atoms with Gasteiger partial charge in [-0.2, -0.15) is 0 Å². The predicted octanol–water partition coefficient (Wildman–Crippen LogP) is 7.35. The lowest BCUT2D eigenvalue weighted by Gasteiger charge is -2.30. The molecule has 2 aromatic rings. The van der Waals surface area contributed by atoms with Crippen LogP contribution in [0.3, 0.4) is 0 Å². The van der Waals surface area contributed by atoms with Crippen molar-refractivity contribution in [3.63, 3.8) is 0 Å². The van der Waals surface area contributed by atoms with Crippen molar-refractivity contribution in [3.8, 4) is 0 Å². The van der Waals surface area contributed by atoms with E-state index in [-0.39, 0.29) is 11.3 Å². The van der Waals surface area contributed by atoms with Gasteiger partial charge in [0.2, 0.25) is 5.91 Å². The number of benzene rings is 2. The number of carbonyl (C=O) groups excluding carboxylic acids is 1. The molecule has 0 atom stereocenters. The molecule has 0 aliphatic rings. The Morgan fingerprint density at radius 2 is 1.73 bits per heavy atom. The van der Waals surface area contributed by atoms with Gasteiger partial charge in [-0.25, -0.2) is 0 Å². The lowest BCUT2D eigenvalue weighted by atomic mass is 9.91. The van der Waals surface area contributed by atoms with Crippen LogP contribution in [0.2, 0.25) is 0 Å². The summed E-state index contributed by atoms with van der Waals surface area (Å²) in [6.07, 6.45) is 5.79. The summed E-state index contributed by atoms with van der Waals surface area (Å²) in [4.78, 5) is 17.7. The monoisotopic (exact) mass is 448 g/mol. The summed E-state index contributed by atoms with van der Waals surface area (Å²) in [6.45, 7) is 18.5. The predicted molar refractivity (Wildman–Crippen MR) is 143 cm³/mol. The Labute approximate surface area is 202 Å². The molecule has 0 saturated heterocycles. The molecule has 0 saturated carbocycles. The second-order valence-electron chi connectivity index (χ2n) is 10.8. The largest absolute Gasteiger partial charge is 0.371 e. The topological polar surface area (TPSA) is 23.6 Å². The van der Waals surface area contributed by atoms with E-state index in [1.165, 1.54) is 22.4 Å². The zero-order chi connectivity index (χ0) is 24.4. The van der Waals surface area contributed by atoms with Crippen LogP contribution in [0.1, 0.15) is 71.1 Å². The van der Waals surface area contributed by atoms with Gasteiger partial charge in [0, 0.05) is 38.3 Å². The summed E-state index contributed by atoms with van der Waals surface area (Å²) in [5, 5.41) is 0. The molecule has 2 rings (SSSR count). The molecule has 2 aromatic carbocycles. The van der Waals surface area contributed by atoms with Crippen LogP contribution in [0.15, 0.2) is 54.6 Å². The van der Waals surface area contributed by atoms with E-state index in [1.807, 2.05) is 18.2 Å². The highest BCUT2D eigenvalue weighted by Gasteiger charge is 2.21. The maximum Gasteiger partial charge on any atom is 0.223 e. The number of allylic oxidation sites excluding steroid dienone is 1. The van der Waals surface area contributed by atoms with Gasteiger partial charge in [-0.1, -0.05) is 83.2 Å². The van der Waals surface area contributed by atoms with E-state index in [1.54, 1.807) is 0 Å². The van der Waals surface area contributed by atoms with Gasteiger partial charge in [-0.15, -0.1) is 0 Å². The van der Waals surface area contributed by atoms with E-state index >= 15 is 0 Å². The first-order valence-electron chi connectivity index (χ1n) is 12.4. The fourth-order valence-electron chi connectivity index (χ4n) is 4.06. The molecule has 0 aromatic heterocycles. The number of amides is 1. The van der Waals surface area contributed by atoms with Crippen LogP contribution >= 0.6 is 0 Å². The van der Waals surface area contributed by atoms with Crippen molar-refractivity contribution < 1.29 is 4.79 Å². The summed E-state index contributed by atoms with van der Waals surface area (Å²) in [5.74, 6) is 0.812. The van der Waals surface area contributed by atoms with E-state index in [9.17, 15) is 4.79 Å². The normalized spacial score (nSPS) is 11.9. The Hall–Kier alpha value is -2.55. The van der Waals surface area contributed by atoms with E-state index in [2.05, 4.69) is 101 Å². The fraction of sp³-hybridized carbons (Fsp3) is 0.500. The molecule has 0 aliphatic carbocycles. The molecule has 0 radical (unpaired) electrons. The number of hydrogen-bond acceptors (Lipinski definition) is 2. The van der Waals surface area contributed by atoms with Crippen LogP contribution in [-0.2, 0) is 11.3 Å². The highest BCUT2D eigenvalue weighted by molar-refractivity contribution is 5.76. The number of rotatable bonds is 11. The van der Waals surface area contributed by atoms with Gasteiger partial charge >= 0.3 is 0 Å². The summed E-state index contributed by atoms with van der Waals surface area (Å²) < 4.78 is 0.